The molecule has 2 aromatic heterocycles. The lowest BCUT2D eigenvalue weighted by molar-refractivity contribution is 0.0776. The highest BCUT2D eigenvalue weighted by Crippen LogP contribution is 2.30. The van der Waals surface area contributed by atoms with E-state index in [-0.39, 0.29) is 5.91 Å². The average molecular weight is 489 g/mol. The highest BCUT2D eigenvalue weighted by Gasteiger charge is 2.29. The summed E-state index contributed by atoms with van der Waals surface area (Å²) < 4.78 is 7.48. The quantitative estimate of drug-likeness (QED) is 0.492. The predicted molar refractivity (Wildman–Crippen MR) is 140 cm³/mol. The van der Waals surface area contributed by atoms with Crippen LogP contribution in [0, 0.1) is 5.41 Å². The third-order valence-electron chi connectivity index (χ3n) is 6.64. The van der Waals surface area contributed by atoms with Gasteiger partial charge in [-0.05, 0) is 38.1 Å². The molecule has 1 aromatic carbocycles. The minimum Gasteiger partial charge on any atom is -0.394 e. The molecule has 0 saturated carbocycles. The van der Waals surface area contributed by atoms with Gasteiger partial charge in [0.25, 0.3) is 5.91 Å². The summed E-state index contributed by atoms with van der Waals surface area (Å²) in [6.07, 6.45) is 5.49. The Morgan fingerprint density at radius 1 is 1.14 bits per heavy atom. The summed E-state index contributed by atoms with van der Waals surface area (Å²) in [7, 11) is 1.80. The number of ether oxygens (including phenoxy) is 1. The maximum absolute atomic E-state index is 13.4. The van der Waals surface area contributed by atoms with E-state index in [4.69, 9.17) is 25.1 Å². The van der Waals surface area contributed by atoms with E-state index in [2.05, 4.69) is 10.2 Å². The number of likely N-dealkylation sites (tertiary alicyclic amines) is 1. The van der Waals surface area contributed by atoms with E-state index in [9.17, 15) is 4.79 Å². The molecule has 3 aromatic rings. The first-order valence-corrected chi connectivity index (χ1v) is 12.5. The molecular weight excluding hydrogens is 456 g/mol. The van der Waals surface area contributed by atoms with E-state index >= 15 is 0 Å². The molecule has 4 heterocycles. The summed E-state index contributed by atoms with van der Waals surface area (Å²) in [5, 5.41) is 11.3. The molecule has 0 radical (unpaired) electrons. The predicted octanol–water partition coefficient (Wildman–Crippen LogP) is 2.69. The maximum atomic E-state index is 13.4. The van der Waals surface area contributed by atoms with Crippen LogP contribution in [0.25, 0.3) is 22.6 Å². The van der Waals surface area contributed by atoms with Gasteiger partial charge in [-0.2, -0.15) is 0 Å². The van der Waals surface area contributed by atoms with Crippen molar-refractivity contribution < 1.29 is 9.53 Å². The summed E-state index contributed by atoms with van der Waals surface area (Å²) in [6.45, 7) is 6.72. The first kappa shape index (κ1) is 23.9. The van der Waals surface area contributed by atoms with Crippen molar-refractivity contribution in [2.45, 2.75) is 26.3 Å². The van der Waals surface area contributed by atoms with Crippen molar-refractivity contribution in [3.8, 4) is 11.4 Å². The van der Waals surface area contributed by atoms with Gasteiger partial charge in [-0.3, -0.25) is 4.79 Å². The molecule has 0 bridgehead atoms. The maximum Gasteiger partial charge on any atom is 0.289 e. The van der Waals surface area contributed by atoms with Crippen molar-refractivity contribution >= 4 is 28.6 Å². The highest BCUT2D eigenvalue weighted by atomic mass is 16.5. The summed E-state index contributed by atoms with van der Waals surface area (Å²) in [4.78, 5) is 32.1. The Kier molecular flexibility index (Phi) is 6.95. The fourth-order valence-electron chi connectivity index (χ4n) is 4.72. The van der Waals surface area contributed by atoms with Gasteiger partial charge in [0.2, 0.25) is 5.82 Å². The van der Waals surface area contributed by atoms with Crippen LogP contribution in [0.15, 0.2) is 36.5 Å². The Labute approximate surface area is 210 Å². The molecule has 0 spiro atoms. The lowest BCUT2D eigenvalue weighted by Crippen LogP contribution is -2.37. The Morgan fingerprint density at radius 2 is 1.92 bits per heavy atom. The Balaban J connectivity index is 1.65. The first-order chi connectivity index (χ1) is 17.6. The normalized spacial score (nSPS) is 16.3. The molecule has 188 valence electrons. The fraction of sp³-hybridized carbons (Fsp3) is 0.423. The number of fused-ring (bicyclic) bond motifs is 1. The van der Waals surface area contributed by atoms with Crippen LogP contribution >= 0.6 is 0 Å². The molecule has 36 heavy (non-hydrogen) atoms. The molecule has 2 aliphatic rings. The van der Waals surface area contributed by atoms with Crippen LogP contribution in [0.4, 0.5) is 5.82 Å². The number of hydrogen-bond acceptors (Lipinski definition) is 8. The third kappa shape index (κ3) is 4.56. The average Bonchev–Trinajstić information content (AvgIpc) is 3.59. The topological polar surface area (TPSA) is 112 Å². The number of nitrogens with one attached hydrogen (secondary N) is 2. The SMILES string of the molecule is CCn1c(C(=O)N2CCCC2)nc2c(N3CCOCC3)nc(-c3cccc(C(=N)/C=C\NC)c3)nc21. The van der Waals surface area contributed by atoms with Crippen molar-refractivity contribution in [3.05, 3.63) is 47.9 Å². The van der Waals surface area contributed by atoms with Gasteiger partial charge in [0.1, 0.15) is 0 Å². The molecule has 2 N–H and O–H groups in total. The minimum absolute atomic E-state index is 0.0476. The molecule has 0 unspecified atom stereocenters. The summed E-state index contributed by atoms with van der Waals surface area (Å²) in [6, 6.07) is 7.69. The Hall–Kier alpha value is -3.79. The molecule has 2 fully saturated rings. The summed E-state index contributed by atoms with van der Waals surface area (Å²) in [5.41, 5.74) is 3.26. The number of aromatic nitrogens is 4. The molecule has 2 saturated heterocycles. The van der Waals surface area contributed by atoms with E-state index in [0.717, 1.165) is 42.9 Å². The Morgan fingerprint density at radius 3 is 2.64 bits per heavy atom. The van der Waals surface area contributed by atoms with Crippen molar-refractivity contribution in [1.29, 1.82) is 5.41 Å². The number of allylic oxidation sites excluding steroid dienone is 1. The molecule has 5 rings (SSSR count). The van der Waals surface area contributed by atoms with Crippen LogP contribution in [-0.4, -0.2) is 82.5 Å². The third-order valence-corrected chi connectivity index (χ3v) is 6.64. The van der Waals surface area contributed by atoms with Crippen molar-refractivity contribution in [3.63, 3.8) is 0 Å². The lowest BCUT2D eigenvalue weighted by atomic mass is 10.1. The largest absolute Gasteiger partial charge is 0.394 e. The Bertz CT molecular complexity index is 1300. The standard InChI is InChI=1S/C26H32N8O2/c1-3-34-24-21(29-25(34)26(35)33-11-4-5-12-33)23(32-13-15-36-16-14-32)30-22(31-24)19-8-6-7-18(17-19)20(27)9-10-28-2/h6-10,17,27-28H,3-5,11-16H2,1-2H3/b10-9-,27-20?. The van der Waals surface area contributed by atoms with Gasteiger partial charge in [-0.15, -0.1) is 0 Å². The number of benzene rings is 1. The van der Waals surface area contributed by atoms with Gasteiger partial charge in [0, 0.05) is 50.9 Å². The molecule has 2 aliphatic heterocycles. The van der Waals surface area contributed by atoms with Gasteiger partial charge in [-0.1, -0.05) is 18.2 Å². The van der Waals surface area contributed by atoms with E-state index in [1.807, 2.05) is 40.7 Å². The number of morpholine rings is 1. The molecule has 10 nitrogen and oxygen atoms in total. The second-order valence-electron chi connectivity index (χ2n) is 8.94. The summed E-state index contributed by atoms with van der Waals surface area (Å²) >= 11 is 0. The summed E-state index contributed by atoms with van der Waals surface area (Å²) in [5.74, 6) is 1.64. The number of carbonyl (C=O) groups excluding carboxylic acids is 1. The van der Waals surface area contributed by atoms with E-state index in [1.54, 1.807) is 19.3 Å². The number of aryl methyl sites for hydroxylation is 1. The number of rotatable bonds is 7. The molecule has 0 atom stereocenters. The van der Waals surface area contributed by atoms with E-state index in [0.29, 0.717) is 61.4 Å². The molecular formula is C26H32N8O2. The van der Waals surface area contributed by atoms with Crippen LogP contribution in [0.5, 0.6) is 0 Å². The zero-order valence-corrected chi connectivity index (χ0v) is 20.8. The monoisotopic (exact) mass is 488 g/mol. The number of amides is 1. The second kappa shape index (κ2) is 10.4. The highest BCUT2D eigenvalue weighted by molar-refractivity contribution is 6.07. The number of anilines is 1. The number of carbonyl (C=O) groups is 1. The van der Waals surface area contributed by atoms with E-state index in [1.165, 1.54) is 0 Å². The van der Waals surface area contributed by atoms with Crippen LogP contribution in [-0.2, 0) is 11.3 Å². The van der Waals surface area contributed by atoms with Gasteiger partial charge in [0.15, 0.2) is 22.8 Å². The van der Waals surface area contributed by atoms with Crippen LogP contribution in [0.1, 0.15) is 35.9 Å². The molecule has 0 aliphatic carbocycles. The van der Waals surface area contributed by atoms with Crippen molar-refractivity contribution in [2.24, 2.45) is 0 Å². The second-order valence-corrected chi connectivity index (χ2v) is 8.94. The fourth-order valence-corrected chi connectivity index (χ4v) is 4.72. The van der Waals surface area contributed by atoms with E-state index < -0.39 is 0 Å². The number of nitrogens with zero attached hydrogens (tertiary/aromatic N) is 6. The zero-order valence-electron chi connectivity index (χ0n) is 20.8. The molecule has 1 amide bonds. The molecule has 10 heteroatoms. The van der Waals surface area contributed by atoms with Crippen LogP contribution in [0.2, 0.25) is 0 Å². The van der Waals surface area contributed by atoms with Crippen LogP contribution in [0.3, 0.4) is 0 Å². The van der Waals surface area contributed by atoms with Gasteiger partial charge in [0.05, 0.1) is 18.9 Å². The van der Waals surface area contributed by atoms with Gasteiger partial charge >= 0.3 is 0 Å². The number of imidazole rings is 1. The van der Waals surface area contributed by atoms with Crippen LogP contribution < -0.4 is 10.2 Å². The zero-order chi connectivity index (χ0) is 25.1. The minimum atomic E-state index is -0.0476. The van der Waals surface area contributed by atoms with Crippen molar-refractivity contribution in [2.75, 3.05) is 51.3 Å². The number of hydrogen-bond donors (Lipinski definition) is 2. The van der Waals surface area contributed by atoms with Gasteiger partial charge in [-0.25, -0.2) is 15.0 Å². The van der Waals surface area contributed by atoms with Gasteiger partial charge < -0.3 is 29.8 Å². The lowest BCUT2D eigenvalue weighted by Gasteiger charge is -2.28. The first-order valence-electron chi connectivity index (χ1n) is 12.5. The smallest absolute Gasteiger partial charge is 0.289 e. The van der Waals surface area contributed by atoms with Crippen molar-refractivity contribution in [1.82, 2.24) is 29.7 Å².